The Labute approximate surface area is 143 Å². The summed E-state index contributed by atoms with van der Waals surface area (Å²) in [5.41, 5.74) is 0.869. The van der Waals surface area contributed by atoms with Gasteiger partial charge in [-0.1, -0.05) is 11.3 Å². The lowest BCUT2D eigenvalue weighted by Gasteiger charge is -2.44. The Kier molecular flexibility index (Phi) is 3.75. The first-order valence-electron chi connectivity index (χ1n) is 7.84. The summed E-state index contributed by atoms with van der Waals surface area (Å²) in [4.78, 5) is 23.1. The fourth-order valence-electron chi connectivity index (χ4n) is 3.26. The third kappa shape index (κ3) is 2.46. The van der Waals surface area contributed by atoms with Gasteiger partial charge in [0.05, 0.1) is 23.9 Å². The van der Waals surface area contributed by atoms with Crippen LogP contribution in [-0.2, 0) is 4.79 Å². The van der Waals surface area contributed by atoms with Crippen molar-refractivity contribution in [3.05, 3.63) is 18.2 Å². The van der Waals surface area contributed by atoms with E-state index in [-0.39, 0.29) is 11.9 Å². The summed E-state index contributed by atoms with van der Waals surface area (Å²) in [6.45, 7) is 3.37. The number of nitriles is 1. The second kappa shape index (κ2) is 5.92. The quantitative estimate of drug-likeness (QED) is 0.761. The first kappa shape index (κ1) is 15.2. The molecule has 0 spiro atoms. The molecule has 8 heteroatoms. The number of thiazole rings is 1. The number of benzene rings is 1. The zero-order valence-electron chi connectivity index (χ0n) is 13.3. The molecule has 2 saturated heterocycles. The molecule has 0 radical (unpaired) electrons. The van der Waals surface area contributed by atoms with E-state index in [9.17, 15) is 4.79 Å². The maximum Gasteiger partial charge on any atom is 0.248 e. The Hall–Kier alpha value is -2.37. The van der Waals surface area contributed by atoms with Crippen LogP contribution in [0.5, 0.6) is 5.75 Å². The number of anilines is 1. The molecule has 2 aliphatic rings. The smallest absolute Gasteiger partial charge is 0.248 e. The minimum atomic E-state index is -0.256. The molecule has 1 aromatic heterocycles. The van der Waals surface area contributed by atoms with Crippen molar-refractivity contribution < 1.29 is 9.53 Å². The Balaban J connectivity index is 1.62. The van der Waals surface area contributed by atoms with E-state index < -0.39 is 0 Å². The molecule has 0 saturated carbocycles. The van der Waals surface area contributed by atoms with Crippen LogP contribution in [0, 0.1) is 11.5 Å². The van der Waals surface area contributed by atoms with Crippen molar-refractivity contribution in [2.24, 2.45) is 0 Å². The third-order valence-electron chi connectivity index (χ3n) is 4.61. The van der Waals surface area contributed by atoms with Crippen molar-refractivity contribution in [1.29, 1.82) is 5.26 Å². The fraction of sp³-hybridized carbons (Fsp3) is 0.438. The van der Waals surface area contributed by atoms with Gasteiger partial charge < -0.3 is 9.64 Å². The molecule has 124 valence electrons. The molecular formula is C16H17N5O2S. The van der Waals surface area contributed by atoms with E-state index in [1.807, 2.05) is 18.2 Å². The molecule has 1 unspecified atom stereocenters. The lowest BCUT2D eigenvalue weighted by atomic mass is 10.1. The number of methoxy groups -OCH3 is 1. The van der Waals surface area contributed by atoms with Crippen molar-refractivity contribution in [2.75, 3.05) is 44.7 Å². The SMILES string of the molecule is COc1ccc2nc(N3CCN4CCN(C#N)CC4C3=O)sc2c1. The summed E-state index contributed by atoms with van der Waals surface area (Å²) < 4.78 is 6.25. The normalized spacial score (nSPS) is 21.7. The van der Waals surface area contributed by atoms with Gasteiger partial charge in [-0.05, 0) is 18.2 Å². The highest BCUT2D eigenvalue weighted by atomic mass is 32.1. The number of piperazine rings is 2. The van der Waals surface area contributed by atoms with Crippen LogP contribution in [-0.4, -0.2) is 66.6 Å². The lowest BCUT2D eigenvalue weighted by molar-refractivity contribution is -0.127. The molecule has 0 bridgehead atoms. The highest BCUT2D eigenvalue weighted by Gasteiger charge is 2.39. The van der Waals surface area contributed by atoms with Crippen LogP contribution in [0.3, 0.4) is 0 Å². The largest absolute Gasteiger partial charge is 0.497 e. The molecule has 0 aliphatic carbocycles. The average Bonchev–Trinajstić information content (AvgIpc) is 3.04. The van der Waals surface area contributed by atoms with Gasteiger partial charge in [-0.25, -0.2) is 4.98 Å². The van der Waals surface area contributed by atoms with Gasteiger partial charge in [0.15, 0.2) is 11.3 Å². The van der Waals surface area contributed by atoms with Crippen LogP contribution in [0.25, 0.3) is 10.2 Å². The van der Waals surface area contributed by atoms with Gasteiger partial charge in [0.2, 0.25) is 5.91 Å². The number of hydrogen-bond acceptors (Lipinski definition) is 7. The number of carbonyl (C=O) groups excluding carboxylic acids is 1. The predicted octanol–water partition coefficient (Wildman–Crippen LogP) is 1.12. The minimum absolute atomic E-state index is 0.0345. The summed E-state index contributed by atoms with van der Waals surface area (Å²) in [5, 5.41) is 9.82. The minimum Gasteiger partial charge on any atom is -0.497 e. The monoisotopic (exact) mass is 343 g/mol. The van der Waals surface area contributed by atoms with Crippen LogP contribution in [0.15, 0.2) is 18.2 Å². The number of fused-ring (bicyclic) bond motifs is 2. The van der Waals surface area contributed by atoms with Crippen molar-refractivity contribution in [3.63, 3.8) is 0 Å². The molecule has 1 amide bonds. The van der Waals surface area contributed by atoms with Gasteiger partial charge in [0.25, 0.3) is 0 Å². The molecule has 1 aromatic carbocycles. The maximum atomic E-state index is 12.9. The van der Waals surface area contributed by atoms with Crippen LogP contribution in [0.4, 0.5) is 5.13 Å². The molecule has 2 fully saturated rings. The van der Waals surface area contributed by atoms with E-state index in [0.29, 0.717) is 19.6 Å². The maximum absolute atomic E-state index is 12.9. The summed E-state index contributed by atoms with van der Waals surface area (Å²) in [5.74, 6) is 0.818. The van der Waals surface area contributed by atoms with Crippen LogP contribution >= 0.6 is 11.3 Å². The number of ether oxygens (including phenoxy) is 1. The van der Waals surface area contributed by atoms with E-state index in [0.717, 1.165) is 34.2 Å². The highest BCUT2D eigenvalue weighted by Crippen LogP contribution is 2.33. The van der Waals surface area contributed by atoms with Gasteiger partial charge in [-0.3, -0.25) is 14.6 Å². The van der Waals surface area contributed by atoms with E-state index in [1.54, 1.807) is 16.9 Å². The van der Waals surface area contributed by atoms with Crippen LogP contribution < -0.4 is 9.64 Å². The number of amides is 1. The molecule has 4 rings (SSSR count). The highest BCUT2D eigenvalue weighted by molar-refractivity contribution is 7.22. The molecule has 1 atom stereocenters. The molecule has 7 nitrogen and oxygen atoms in total. The Morgan fingerprint density at radius 2 is 2.17 bits per heavy atom. The topological polar surface area (TPSA) is 72.7 Å². The summed E-state index contributed by atoms with van der Waals surface area (Å²) >= 11 is 1.50. The Morgan fingerprint density at radius 3 is 2.96 bits per heavy atom. The predicted molar refractivity (Wildman–Crippen MR) is 91.1 cm³/mol. The summed E-state index contributed by atoms with van der Waals surface area (Å²) in [6.07, 6.45) is 2.16. The molecule has 2 aromatic rings. The number of nitrogens with zero attached hydrogens (tertiary/aromatic N) is 5. The zero-order chi connectivity index (χ0) is 16.7. The number of rotatable bonds is 2. The summed E-state index contributed by atoms with van der Waals surface area (Å²) in [7, 11) is 1.63. The summed E-state index contributed by atoms with van der Waals surface area (Å²) in [6, 6.07) is 5.47. The van der Waals surface area contributed by atoms with Gasteiger partial charge in [0.1, 0.15) is 11.8 Å². The molecule has 24 heavy (non-hydrogen) atoms. The zero-order valence-corrected chi connectivity index (χ0v) is 14.1. The average molecular weight is 343 g/mol. The van der Waals surface area contributed by atoms with Gasteiger partial charge in [-0.15, -0.1) is 0 Å². The third-order valence-corrected chi connectivity index (χ3v) is 5.65. The second-order valence-electron chi connectivity index (χ2n) is 5.92. The lowest BCUT2D eigenvalue weighted by Crippen LogP contribution is -2.64. The standard InChI is InChI=1S/C16H17N5O2S/c1-23-11-2-3-12-14(8-11)24-16(18-12)21-7-6-20-5-4-19(10-17)9-13(20)15(21)22/h2-3,8,13H,4-7,9H2,1H3. The van der Waals surface area contributed by atoms with Crippen molar-refractivity contribution >= 4 is 32.6 Å². The van der Waals surface area contributed by atoms with Gasteiger partial charge >= 0.3 is 0 Å². The fourth-order valence-corrected chi connectivity index (χ4v) is 4.28. The molecule has 3 heterocycles. The van der Waals surface area contributed by atoms with E-state index in [4.69, 9.17) is 10.00 Å². The van der Waals surface area contributed by atoms with Crippen LogP contribution in [0.1, 0.15) is 0 Å². The van der Waals surface area contributed by atoms with Gasteiger partial charge in [-0.2, -0.15) is 5.26 Å². The van der Waals surface area contributed by atoms with Gasteiger partial charge in [0, 0.05) is 26.2 Å². The molecular weight excluding hydrogens is 326 g/mol. The van der Waals surface area contributed by atoms with Crippen molar-refractivity contribution in [2.45, 2.75) is 6.04 Å². The van der Waals surface area contributed by atoms with Crippen molar-refractivity contribution in [1.82, 2.24) is 14.8 Å². The molecule has 0 N–H and O–H groups in total. The molecule has 2 aliphatic heterocycles. The Bertz CT molecular complexity index is 829. The second-order valence-corrected chi connectivity index (χ2v) is 6.93. The van der Waals surface area contributed by atoms with E-state index in [1.165, 1.54) is 11.3 Å². The van der Waals surface area contributed by atoms with E-state index >= 15 is 0 Å². The first-order chi connectivity index (χ1) is 11.7. The number of carbonyl (C=O) groups is 1. The van der Waals surface area contributed by atoms with Crippen LogP contribution in [0.2, 0.25) is 0 Å². The van der Waals surface area contributed by atoms with E-state index in [2.05, 4.69) is 16.1 Å². The number of aromatic nitrogens is 1. The number of hydrogen-bond donors (Lipinski definition) is 0. The first-order valence-corrected chi connectivity index (χ1v) is 8.66. The Morgan fingerprint density at radius 1 is 1.33 bits per heavy atom. The van der Waals surface area contributed by atoms with Crippen molar-refractivity contribution in [3.8, 4) is 11.9 Å².